The van der Waals surface area contributed by atoms with Crippen LogP contribution in [0.1, 0.15) is 27.2 Å². The highest BCUT2D eigenvalue weighted by Crippen LogP contribution is 2.27. The molecule has 10 heteroatoms. The Morgan fingerprint density at radius 2 is 1.86 bits per heavy atom. The lowest BCUT2D eigenvalue weighted by Crippen LogP contribution is -2.63. The Morgan fingerprint density at radius 3 is 2.34 bits per heavy atom. The van der Waals surface area contributed by atoms with Gasteiger partial charge in [-0.15, -0.1) is 5.92 Å². The lowest BCUT2D eigenvalue weighted by molar-refractivity contribution is -0.144. The highest BCUT2D eigenvalue weighted by Gasteiger charge is 2.46. The summed E-state index contributed by atoms with van der Waals surface area (Å²) in [6.45, 7) is 4.63. The molecule has 0 spiro atoms. The summed E-state index contributed by atoms with van der Waals surface area (Å²) >= 11 is 0. The fraction of sp³-hybridized carbons (Fsp3) is 0.474. The van der Waals surface area contributed by atoms with Crippen molar-refractivity contribution >= 4 is 22.1 Å². The molecule has 0 bridgehead atoms. The van der Waals surface area contributed by atoms with E-state index >= 15 is 0 Å². The molecule has 1 aromatic rings. The number of amides is 1. The Bertz CT molecular complexity index is 918. The molecule has 0 aromatic heterocycles. The van der Waals surface area contributed by atoms with Crippen LogP contribution in [0.5, 0.6) is 5.75 Å². The zero-order valence-corrected chi connectivity index (χ0v) is 17.2. The number of carboxylic acid groups (broad SMARTS) is 2. The minimum Gasteiger partial charge on any atom is -0.480 e. The van der Waals surface area contributed by atoms with Crippen LogP contribution in [0, 0.1) is 11.8 Å². The van der Waals surface area contributed by atoms with Gasteiger partial charge in [-0.3, -0.25) is 4.79 Å². The number of carbonyl (C=O) groups is 2. The Balaban J connectivity index is 2.30. The fourth-order valence-corrected chi connectivity index (χ4v) is 4.83. The third-order valence-corrected chi connectivity index (χ3v) is 6.60. The van der Waals surface area contributed by atoms with Gasteiger partial charge in [0, 0.05) is 13.1 Å². The third kappa shape index (κ3) is 4.81. The van der Waals surface area contributed by atoms with Crippen LogP contribution in [-0.2, 0) is 14.8 Å². The minimum absolute atomic E-state index is 0.0956. The first-order chi connectivity index (χ1) is 13.6. The number of aliphatic carboxylic acids is 1. The zero-order valence-electron chi connectivity index (χ0n) is 16.4. The summed E-state index contributed by atoms with van der Waals surface area (Å²) in [4.78, 5) is 23.9. The standard InChI is InChI=1S/C19H24N2O7S/c1-4-6-14(5-2)28-15-7-9-16(10-8-15)29(26,27)21-12-11-20(19(24)25)13(3)17(21)18(22)23/h7-10,13-14,17H,5,11-12H2,1-3H3,(H,22,23)(H,24,25). The van der Waals surface area contributed by atoms with Crippen LogP contribution in [-0.4, -0.2) is 71.2 Å². The highest BCUT2D eigenvalue weighted by atomic mass is 32.2. The Labute approximate surface area is 169 Å². The van der Waals surface area contributed by atoms with Crippen molar-refractivity contribution in [1.29, 1.82) is 0 Å². The van der Waals surface area contributed by atoms with Crippen LogP contribution < -0.4 is 4.74 Å². The van der Waals surface area contributed by atoms with E-state index in [2.05, 4.69) is 11.8 Å². The number of nitrogens with zero attached hydrogens (tertiary/aromatic N) is 2. The van der Waals surface area contributed by atoms with Gasteiger partial charge >= 0.3 is 12.1 Å². The van der Waals surface area contributed by atoms with Crippen LogP contribution in [0.3, 0.4) is 0 Å². The first-order valence-corrected chi connectivity index (χ1v) is 10.5. The fourth-order valence-electron chi connectivity index (χ4n) is 3.19. The third-order valence-electron chi connectivity index (χ3n) is 4.70. The van der Waals surface area contributed by atoms with Crippen molar-refractivity contribution in [2.75, 3.05) is 13.1 Å². The second kappa shape index (κ2) is 9.15. The maximum absolute atomic E-state index is 13.0. The molecule has 3 unspecified atom stereocenters. The molecule has 0 radical (unpaired) electrons. The summed E-state index contributed by atoms with van der Waals surface area (Å²) in [6, 6.07) is 3.09. The minimum atomic E-state index is -4.15. The van der Waals surface area contributed by atoms with E-state index in [9.17, 15) is 28.2 Å². The molecule has 2 rings (SSSR count). The summed E-state index contributed by atoms with van der Waals surface area (Å²) < 4.78 is 32.6. The van der Waals surface area contributed by atoms with Gasteiger partial charge in [0.25, 0.3) is 0 Å². The van der Waals surface area contributed by atoms with Crippen LogP contribution in [0.2, 0.25) is 0 Å². The quantitative estimate of drug-likeness (QED) is 0.666. The van der Waals surface area contributed by atoms with Gasteiger partial charge in [-0.25, -0.2) is 13.2 Å². The molecule has 2 N–H and O–H groups in total. The monoisotopic (exact) mass is 424 g/mol. The Hall–Kier alpha value is -2.77. The normalized spacial score (nSPS) is 21.0. The van der Waals surface area contributed by atoms with Gasteiger partial charge in [0.15, 0.2) is 6.10 Å². The van der Waals surface area contributed by atoms with Crippen molar-refractivity contribution in [3.05, 3.63) is 24.3 Å². The zero-order chi connectivity index (χ0) is 21.8. The summed E-state index contributed by atoms with van der Waals surface area (Å²) in [5, 5.41) is 18.8. The van der Waals surface area contributed by atoms with Gasteiger partial charge in [0.05, 0.1) is 10.9 Å². The molecule has 0 saturated carbocycles. The molecule has 1 aromatic carbocycles. The average molecular weight is 424 g/mol. The van der Waals surface area contributed by atoms with E-state index < -0.39 is 34.2 Å². The maximum atomic E-state index is 13.0. The van der Waals surface area contributed by atoms with Gasteiger partial charge in [0.1, 0.15) is 11.8 Å². The predicted molar refractivity (Wildman–Crippen MR) is 104 cm³/mol. The van der Waals surface area contributed by atoms with E-state index in [4.69, 9.17) is 4.74 Å². The van der Waals surface area contributed by atoms with E-state index in [0.717, 1.165) is 9.21 Å². The number of benzene rings is 1. The summed E-state index contributed by atoms with van der Waals surface area (Å²) in [7, 11) is -4.15. The molecule has 1 heterocycles. The number of piperazine rings is 1. The first-order valence-electron chi connectivity index (χ1n) is 9.06. The molecule has 0 aliphatic carbocycles. The Kier molecular flexibility index (Phi) is 7.11. The van der Waals surface area contributed by atoms with E-state index in [1.807, 2.05) is 6.92 Å². The molecule has 9 nitrogen and oxygen atoms in total. The van der Waals surface area contributed by atoms with Gasteiger partial charge in [-0.05, 0) is 44.5 Å². The lowest BCUT2D eigenvalue weighted by Gasteiger charge is -2.42. The van der Waals surface area contributed by atoms with Crippen LogP contribution >= 0.6 is 0 Å². The topological polar surface area (TPSA) is 124 Å². The molecule has 158 valence electrons. The maximum Gasteiger partial charge on any atom is 0.407 e. The summed E-state index contributed by atoms with van der Waals surface area (Å²) in [6.07, 6.45) is -0.945. The van der Waals surface area contributed by atoms with Crippen molar-refractivity contribution in [2.45, 2.75) is 50.3 Å². The SMILES string of the molecule is CC#CC(CC)Oc1ccc(S(=O)(=O)N2CCN(C(=O)O)C(C)C2C(=O)O)cc1. The number of sulfonamides is 1. The van der Waals surface area contributed by atoms with E-state index in [0.29, 0.717) is 12.2 Å². The summed E-state index contributed by atoms with van der Waals surface area (Å²) in [5.41, 5.74) is 0. The van der Waals surface area contributed by atoms with Crippen molar-refractivity contribution in [2.24, 2.45) is 0 Å². The van der Waals surface area contributed by atoms with Crippen molar-refractivity contribution in [1.82, 2.24) is 9.21 Å². The first kappa shape index (κ1) is 22.5. The molecule has 1 fully saturated rings. The van der Waals surface area contributed by atoms with Gasteiger partial charge in [-0.1, -0.05) is 12.8 Å². The van der Waals surface area contributed by atoms with Gasteiger partial charge in [0.2, 0.25) is 10.0 Å². The largest absolute Gasteiger partial charge is 0.480 e. The predicted octanol–water partition coefficient (Wildman–Crippen LogP) is 1.69. The molecule has 29 heavy (non-hydrogen) atoms. The van der Waals surface area contributed by atoms with E-state index in [1.54, 1.807) is 6.92 Å². The van der Waals surface area contributed by atoms with Gasteiger partial charge < -0.3 is 19.8 Å². The molecule has 1 aliphatic rings. The smallest absolute Gasteiger partial charge is 0.407 e. The van der Waals surface area contributed by atoms with Crippen molar-refractivity contribution < 1.29 is 33.0 Å². The molecule has 1 aliphatic heterocycles. The number of ether oxygens (including phenoxy) is 1. The number of hydrogen-bond acceptors (Lipinski definition) is 5. The number of hydrogen-bond donors (Lipinski definition) is 2. The van der Waals surface area contributed by atoms with Crippen molar-refractivity contribution in [3.8, 4) is 17.6 Å². The van der Waals surface area contributed by atoms with Crippen molar-refractivity contribution in [3.63, 3.8) is 0 Å². The average Bonchev–Trinajstić information content (AvgIpc) is 2.67. The molecular formula is C19H24N2O7S. The van der Waals surface area contributed by atoms with Crippen LogP contribution in [0.25, 0.3) is 0 Å². The number of rotatable bonds is 6. The molecular weight excluding hydrogens is 400 g/mol. The lowest BCUT2D eigenvalue weighted by atomic mass is 10.1. The molecule has 1 amide bonds. The number of carboxylic acids is 1. The highest BCUT2D eigenvalue weighted by molar-refractivity contribution is 7.89. The molecule has 1 saturated heterocycles. The van der Waals surface area contributed by atoms with Crippen LogP contribution in [0.15, 0.2) is 29.2 Å². The van der Waals surface area contributed by atoms with Gasteiger partial charge in [-0.2, -0.15) is 4.31 Å². The van der Waals surface area contributed by atoms with E-state index in [1.165, 1.54) is 31.2 Å². The second-order valence-corrected chi connectivity index (χ2v) is 8.39. The Morgan fingerprint density at radius 1 is 1.24 bits per heavy atom. The second-order valence-electron chi connectivity index (χ2n) is 6.50. The molecule has 3 atom stereocenters. The van der Waals surface area contributed by atoms with Crippen LogP contribution in [0.4, 0.5) is 4.79 Å². The van der Waals surface area contributed by atoms with E-state index in [-0.39, 0.29) is 24.1 Å². The summed E-state index contributed by atoms with van der Waals surface area (Å²) in [5.74, 6) is 4.70.